The van der Waals surface area contributed by atoms with Gasteiger partial charge >= 0.3 is 0 Å². The van der Waals surface area contributed by atoms with Crippen LogP contribution < -0.4 is 0 Å². The molecule has 22 heavy (non-hydrogen) atoms. The van der Waals surface area contributed by atoms with E-state index < -0.39 is 0 Å². The molecule has 1 fully saturated rings. The lowest BCUT2D eigenvalue weighted by atomic mass is 9.95. The van der Waals surface area contributed by atoms with Crippen molar-refractivity contribution in [1.29, 1.82) is 0 Å². The second kappa shape index (κ2) is 7.86. The lowest BCUT2D eigenvalue weighted by Crippen LogP contribution is -2.21. The SMILES string of the molecule is CC(C)(C)OOCC(Br)c1cc(F)ccc1C1CCCCO1. The molecule has 124 valence electrons. The predicted molar refractivity (Wildman–Crippen MR) is 87.4 cm³/mol. The number of halogens is 2. The average Bonchev–Trinajstić information content (AvgIpc) is 2.46. The molecule has 0 saturated carbocycles. The number of benzene rings is 1. The molecule has 0 bridgehead atoms. The molecular weight excluding hydrogens is 351 g/mol. The molecule has 0 aromatic heterocycles. The van der Waals surface area contributed by atoms with E-state index in [-0.39, 0.29) is 22.3 Å². The second-order valence-corrected chi connectivity index (χ2v) is 7.68. The van der Waals surface area contributed by atoms with Crippen molar-refractivity contribution in [2.45, 2.75) is 56.6 Å². The summed E-state index contributed by atoms with van der Waals surface area (Å²) in [5.74, 6) is -0.254. The van der Waals surface area contributed by atoms with Crippen molar-refractivity contribution < 1.29 is 18.9 Å². The van der Waals surface area contributed by atoms with Crippen molar-refractivity contribution in [1.82, 2.24) is 0 Å². The molecule has 0 N–H and O–H groups in total. The minimum atomic E-state index is -0.371. The van der Waals surface area contributed by atoms with Crippen LogP contribution in [0.15, 0.2) is 18.2 Å². The van der Waals surface area contributed by atoms with Gasteiger partial charge in [0.1, 0.15) is 5.82 Å². The zero-order chi connectivity index (χ0) is 16.2. The smallest absolute Gasteiger partial charge is 0.123 e. The molecule has 1 aliphatic rings. The molecule has 1 saturated heterocycles. The zero-order valence-electron chi connectivity index (χ0n) is 13.4. The summed E-state index contributed by atoms with van der Waals surface area (Å²) >= 11 is 3.58. The fourth-order valence-electron chi connectivity index (χ4n) is 2.46. The molecule has 0 radical (unpaired) electrons. The third kappa shape index (κ3) is 5.30. The van der Waals surface area contributed by atoms with Crippen molar-refractivity contribution in [2.75, 3.05) is 13.2 Å². The zero-order valence-corrected chi connectivity index (χ0v) is 15.0. The van der Waals surface area contributed by atoms with E-state index in [0.29, 0.717) is 6.61 Å². The molecule has 2 unspecified atom stereocenters. The minimum absolute atomic E-state index is 0.0351. The lowest BCUT2D eigenvalue weighted by Gasteiger charge is -2.26. The van der Waals surface area contributed by atoms with Gasteiger partial charge in [-0.05, 0) is 63.3 Å². The maximum Gasteiger partial charge on any atom is 0.123 e. The fraction of sp³-hybridized carbons (Fsp3) is 0.647. The summed E-state index contributed by atoms with van der Waals surface area (Å²) < 4.78 is 19.5. The van der Waals surface area contributed by atoms with Crippen LogP contribution in [-0.2, 0) is 14.5 Å². The molecular formula is C17H24BrFO3. The van der Waals surface area contributed by atoms with Crippen LogP contribution in [0.1, 0.15) is 62.1 Å². The summed E-state index contributed by atoms with van der Waals surface area (Å²) in [6.07, 6.45) is 3.23. The standard InChI is InChI=1S/C17H24BrFO3/c1-17(2,3)22-21-11-15(18)14-10-12(19)7-8-13(14)16-6-4-5-9-20-16/h7-8,10,15-16H,4-6,9,11H2,1-3H3. The minimum Gasteiger partial charge on any atom is -0.374 e. The Morgan fingerprint density at radius 2 is 2.14 bits per heavy atom. The van der Waals surface area contributed by atoms with Gasteiger partial charge in [-0.3, -0.25) is 0 Å². The highest BCUT2D eigenvalue weighted by molar-refractivity contribution is 9.09. The molecule has 3 nitrogen and oxygen atoms in total. The molecule has 0 spiro atoms. The molecule has 0 aliphatic carbocycles. The van der Waals surface area contributed by atoms with Gasteiger partial charge in [-0.1, -0.05) is 22.0 Å². The lowest BCUT2D eigenvalue weighted by molar-refractivity contribution is -0.348. The van der Waals surface area contributed by atoms with E-state index in [1.54, 1.807) is 6.07 Å². The van der Waals surface area contributed by atoms with E-state index in [9.17, 15) is 4.39 Å². The van der Waals surface area contributed by atoms with E-state index in [1.165, 1.54) is 6.07 Å². The normalized spacial score (nSPS) is 20.9. The molecule has 0 amide bonds. The second-order valence-electron chi connectivity index (χ2n) is 6.58. The fourth-order valence-corrected chi connectivity index (χ4v) is 2.96. The van der Waals surface area contributed by atoms with Gasteiger partial charge in [-0.2, -0.15) is 0 Å². The Kier molecular flexibility index (Phi) is 6.38. The first-order valence-electron chi connectivity index (χ1n) is 7.72. The molecule has 1 heterocycles. The molecule has 1 aromatic rings. The van der Waals surface area contributed by atoms with Gasteiger partial charge in [-0.15, -0.1) is 0 Å². The molecule has 1 aliphatic heterocycles. The summed E-state index contributed by atoms with van der Waals surface area (Å²) in [4.78, 5) is 10.4. The summed E-state index contributed by atoms with van der Waals surface area (Å²) in [6, 6.07) is 4.86. The van der Waals surface area contributed by atoms with Crippen LogP contribution in [0, 0.1) is 5.82 Å². The largest absolute Gasteiger partial charge is 0.374 e. The average molecular weight is 375 g/mol. The van der Waals surface area contributed by atoms with Crippen LogP contribution in [-0.4, -0.2) is 18.8 Å². The first kappa shape index (κ1) is 17.9. The van der Waals surface area contributed by atoms with Gasteiger partial charge < -0.3 is 4.74 Å². The Balaban J connectivity index is 2.08. The molecule has 2 rings (SSSR count). The Labute approximate surface area is 140 Å². The Morgan fingerprint density at radius 3 is 2.77 bits per heavy atom. The van der Waals surface area contributed by atoms with E-state index in [2.05, 4.69) is 15.9 Å². The topological polar surface area (TPSA) is 27.7 Å². The molecule has 1 aromatic carbocycles. The highest BCUT2D eigenvalue weighted by atomic mass is 79.9. The first-order chi connectivity index (χ1) is 10.4. The van der Waals surface area contributed by atoms with Crippen molar-refractivity contribution in [3.05, 3.63) is 35.1 Å². The summed E-state index contributed by atoms with van der Waals surface area (Å²) in [6.45, 7) is 6.82. The first-order valence-corrected chi connectivity index (χ1v) is 8.64. The van der Waals surface area contributed by atoms with E-state index in [0.717, 1.165) is 37.0 Å². The van der Waals surface area contributed by atoms with Crippen LogP contribution in [0.3, 0.4) is 0 Å². The quantitative estimate of drug-likeness (QED) is 0.400. The van der Waals surface area contributed by atoms with Gasteiger partial charge in [0.2, 0.25) is 0 Å². The van der Waals surface area contributed by atoms with Crippen LogP contribution in [0.5, 0.6) is 0 Å². The maximum atomic E-state index is 13.7. The molecule has 5 heteroatoms. The van der Waals surface area contributed by atoms with Gasteiger partial charge in [0, 0.05) is 6.61 Å². The van der Waals surface area contributed by atoms with Crippen LogP contribution in [0.25, 0.3) is 0 Å². The van der Waals surface area contributed by atoms with Crippen LogP contribution in [0.4, 0.5) is 4.39 Å². The number of alkyl halides is 1. The Hall–Kier alpha value is -0.490. The monoisotopic (exact) mass is 374 g/mol. The maximum absolute atomic E-state index is 13.7. The highest BCUT2D eigenvalue weighted by Gasteiger charge is 2.23. The molecule has 2 atom stereocenters. The summed E-state index contributed by atoms with van der Waals surface area (Å²) in [5.41, 5.74) is 1.52. The van der Waals surface area contributed by atoms with Crippen molar-refractivity contribution in [2.24, 2.45) is 0 Å². The van der Waals surface area contributed by atoms with Gasteiger partial charge in [0.15, 0.2) is 0 Å². The third-order valence-corrected chi connectivity index (χ3v) is 4.19. The Bertz CT molecular complexity index is 481. The van der Waals surface area contributed by atoms with E-state index >= 15 is 0 Å². The summed E-state index contributed by atoms with van der Waals surface area (Å²) in [7, 11) is 0. The Morgan fingerprint density at radius 1 is 1.36 bits per heavy atom. The predicted octanol–water partition coefficient (Wildman–Crippen LogP) is 5.25. The van der Waals surface area contributed by atoms with Gasteiger partial charge in [-0.25, -0.2) is 14.2 Å². The summed E-state index contributed by atoms with van der Waals surface area (Å²) in [5, 5.41) is 0. The van der Waals surface area contributed by atoms with Crippen molar-refractivity contribution in [3.8, 4) is 0 Å². The number of hydrogen-bond donors (Lipinski definition) is 0. The number of ether oxygens (including phenoxy) is 1. The van der Waals surface area contributed by atoms with Gasteiger partial charge in [0.25, 0.3) is 0 Å². The third-order valence-electron chi connectivity index (χ3n) is 3.44. The van der Waals surface area contributed by atoms with Gasteiger partial charge in [0.05, 0.1) is 23.1 Å². The van der Waals surface area contributed by atoms with E-state index in [4.69, 9.17) is 14.5 Å². The van der Waals surface area contributed by atoms with Crippen LogP contribution in [0.2, 0.25) is 0 Å². The van der Waals surface area contributed by atoms with Crippen molar-refractivity contribution >= 4 is 15.9 Å². The highest BCUT2D eigenvalue weighted by Crippen LogP contribution is 2.36. The van der Waals surface area contributed by atoms with Crippen LogP contribution >= 0.6 is 15.9 Å². The number of hydrogen-bond acceptors (Lipinski definition) is 3. The van der Waals surface area contributed by atoms with Crippen molar-refractivity contribution in [3.63, 3.8) is 0 Å². The number of rotatable bonds is 5. The van der Waals surface area contributed by atoms with E-state index in [1.807, 2.05) is 26.8 Å².